The van der Waals surface area contributed by atoms with Gasteiger partial charge < -0.3 is 0 Å². The average molecular weight is 692 g/mol. The van der Waals surface area contributed by atoms with Crippen molar-refractivity contribution in [3.05, 3.63) is 61.7 Å². The van der Waals surface area contributed by atoms with Crippen LogP contribution in [0.15, 0.2) is 39.0 Å². The van der Waals surface area contributed by atoms with Gasteiger partial charge in [-0.25, -0.2) is 8.78 Å². The molecular weight excluding hydrogens is 690 g/mol. The van der Waals surface area contributed by atoms with Crippen LogP contribution in [0.5, 0.6) is 0 Å². The predicted octanol–water partition coefficient (Wildman–Crippen LogP) is 7.77. The van der Waals surface area contributed by atoms with Crippen LogP contribution in [-0.2, 0) is 0 Å². The Hall–Kier alpha value is 0.850. The molecule has 0 heterocycles. The molecule has 0 saturated carbocycles. The molecule has 0 bridgehead atoms. The number of carbonyl (C=O) groups excluding carboxylic acids is 1. The van der Waals surface area contributed by atoms with Crippen molar-refractivity contribution >= 4 is 101 Å². The molecular formula is C13H2Br6F2O. The summed E-state index contributed by atoms with van der Waals surface area (Å²) < 4.78 is 28.7. The van der Waals surface area contributed by atoms with Crippen molar-refractivity contribution in [2.75, 3.05) is 0 Å². The van der Waals surface area contributed by atoms with E-state index in [1.165, 1.54) is 12.1 Å². The van der Waals surface area contributed by atoms with Gasteiger partial charge in [-0.05, 0) is 108 Å². The van der Waals surface area contributed by atoms with Gasteiger partial charge in [0.1, 0.15) is 0 Å². The fraction of sp³-hybridized carbons (Fsp3) is 0. The Morgan fingerprint density at radius 2 is 1.00 bits per heavy atom. The van der Waals surface area contributed by atoms with Crippen molar-refractivity contribution in [2.24, 2.45) is 0 Å². The minimum Gasteiger partial charge on any atom is -0.289 e. The molecule has 2 rings (SSSR count). The third-order valence-corrected chi connectivity index (χ3v) is 8.05. The number of halogens is 8. The van der Waals surface area contributed by atoms with E-state index in [0.717, 1.165) is 0 Å². The monoisotopic (exact) mass is 686 g/mol. The highest BCUT2D eigenvalue weighted by atomic mass is 79.9. The third-order valence-electron chi connectivity index (χ3n) is 2.69. The Labute approximate surface area is 175 Å². The molecule has 0 aliphatic heterocycles. The van der Waals surface area contributed by atoms with Crippen LogP contribution in [0.3, 0.4) is 0 Å². The molecule has 0 saturated heterocycles. The van der Waals surface area contributed by atoms with Crippen LogP contribution in [0.1, 0.15) is 15.9 Å². The van der Waals surface area contributed by atoms with Gasteiger partial charge in [0.15, 0.2) is 17.4 Å². The van der Waals surface area contributed by atoms with E-state index < -0.39 is 17.4 Å². The van der Waals surface area contributed by atoms with Gasteiger partial charge in [-0.1, -0.05) is 0 Å². The van der Waals surface area contributed by atoms with Gasteiger partial charge in [-0.15, -0.1) is 0 Å². The zero-order chi connectivity index (χ0) is 16.8. The standard InChI is InChI=1S/C13H2Br6F2O/c14-5-1-3(7(16)9(18)11(5)20)13(22)4-2-6(15)12(21)10(19)8(4)17/h1-2H. The zero-order valence-electron chi connectivity index (χ0n) is 10.1. The second-order valence-electron chi connectivity index (χ2n) is 4.02. The number of carbonyl (C=O) groups is 1. The van der Waals surface area contributed by atoms with E-state index in [-0.39, 0.29) is 38.0 Å². The molecule has 0 fully saturated rings. The van der Waals surface area contributed by atoms with E-state index in [1.807, 2.05) is 0 Å². The molecule has 116 valence electrons. The molecule has 0 atom stereocenters. The highest BCUT2D eigenvalue weighted by Crippen LogP contribution is 2.39. The Bertz CT molecular complexity index is 741. The van der Waals surface area contributed by atoms with Crippen molar-refractivity contribution < 1.29 is 13.6 Å². The van der Waals surface area contributed by atoms with Gasteiger partial charge >= 0.3 is 0 Å². The third kappa shape index (κ3) is 3.44. The fourth-order valence-electron chi connectivity index (χ4n) is 1.62. The van der Waals surface area contributed by atoms with Gasteiger partial charge in [0.2, 0.25) is 0 Å². The van der Waals surface area contributed by atoms with Crippen molar-refractivity contribution in [1.82, 2.24) is 0 Å². The lowest BCUT2D eigenvalue weighted by Crippen LogP contribution is -2.06. The summed E-state index contributed by atoms with van der Waals surface area (Å²) in [5.41, 5.74) is 0.456. The molecule has 1 nitrogen and oxygen atoms in total. The smallest absolute Gasteiger partial charge is 0.195 e. The number of ketones is 1. The lowest BCUT2D eigenvalue weighted by atomic mass is 10.0. The molecule has 0 amide bonds. The van der Waals surface area contributed by atoms with Gasteiger partial charge in [-0.3, -0.25) is 4.79 Å². The first-order valence-electron chi connectivity index (χ1n) is 5.37. The molecule has 9 heteroatoms. The highest BCUT2D eigenvalue weighted by Gasteiger charge is 2.24. The SMILES string of the molecule is O=C(c1cc(Br)c(F)c(Br)c1Br)c1cc(Br)c(F)c(Br)c1Br. The van der Waals surface area contributed by atoms with Crippen LogP contribution < -0.4 is 0 Å². The Kier molecular flexibility index (Phi) is 6.44. The van der Waals surface area contributed by atoms with Crippen molar-refractivity contribution in [3.8, 4) is 0 Å². The van der Waals surface area contributed by atoms with E-state index in [4.69, 9.17) is 0 Å². The summed E-state index contributed by atoms with van der Waals surface area (Å²) in [7, 11) is 0. The van der Waals surface area contributed by atoms with Gasteiger partial charge in [0, 0.05) is 20.1 Å². The Balaban J connectivity index is 2.69. The van der Waals surface area contributed by atoms with Crippen molar-refractivity contribution in [1.29, 1.82) is 0 Å². The van der Waals surface area contributed by atoms with Crippen molar-refractivity contribution in [2.45, 2.75) is 0 Å². The van der Waals surface area contributed by atoms with Crippen LogP contribution in [0, 0.1) is 11.6 Å². The highest BCUT2D eigenvalue weighted by molar-refractivity contribution is 9.13. The van der Waals surface area contributed by atoms with Crippen LogP contribution in [-0.4, -0.2) is 5.78 Å². The van der Waals surface area contributed by atoms with Crippen LogP contribution in [0.4, 0.5) is 8.78 Å². The second kappa shape index (κ2) is 7.39. The molecule has 0 unspecified atom stereocenters. The quantitative estimate of drug-likeness (QED) is 0.179. The number of hydrogen-bond acceptors (Lipinski definition) is 1. The summed E-state index contributed by atoms with van der Waals surface area (Å²) in [5, 5.41) is 0. The normalized spacial score (nSPS) is 10.9. The molecule has 2 aromatic carbocycles. The summed E-state index contributed by atoms with van der Waals surface area (Å²) in [6, 6.07) is 2.73. The van der Waals surface area contributed by atoms with Crippen LogP contribution in [0.25, 0.3) is 0 Å². The molecule has 0 N–H and O–H groups in total. The summed E-state index contributed by atoms with van der Waals surface area (Å²) >= 11 is 18.7. The number of hydrogen-bond donors (Lipinski definition) is 0. The maximum atomic E-state index is 13.8. The summed E-state index contributed by atoms with van der Waals surface area (Å²) in [6.45, 7) is 0. The first kappa shape index (κ1) is 19.2. The largest absolute Gasteiger partial charge is 0.289 e. The average Bonchev–Trinajstić information content (AvgIpc) is 2.49. The fourth-order valence-corrected chi connectivity index (χ4v) is 4.80. The lowest BCUT2D eigenvalue weighted by Gasteiger charge is -2.11. The number of rotatable bonds is 2. The second-order valence-corrected chi connectivity index (χ2v) is 8.91. The minimum atomic E-state index is -0.524. The van der Waals surface area contributed by atoms with Crippen LogP contribution in [0.2, 0.25) is 0 Å². The first-order chi connectivity index (χ1) is 10.2. The summed E-state index contributed by atoms with van der Waals surface area (Å²) in [6.07, 6.45) is 0. The maximum Gasteiger partial charge on any atom is 0.195 e. The summed E-state index contributed by atoms with van der Waals surface area (Å²) in [5.74, 6) is -1.45. The lowest BCUT2D eigenvalue weighted by molar-refractivity contribution is 0.103. The van der Waals surface area contributed by atoms with Gasteiger partial charge in [0.05, 0.1) is 17.9 Å². The molecule has 0 radical (unpaired) electrons. The van der Waals surface area contributed by atoms with Gasteiger partial charge in [-0.2, -0.15) is 0 Å². The first-order valence-corrected chi connectivity index (χ1v) is 10.1. The topological polar surface area (TPSA) is 17.1 Å². The molecule has 2 aromatic rings. The Morgan fingerprint density at radius 3 is 1.32 bits per heavy atom. The van der Waals surface area contributed by atoms with E-state index in [1.54, 1.807) is 0 Å². The zero-order valence-corrected chi connectivity index (χ0v) is 19.6. The van der Waals surface area contributed by atoms with Gasteiger partial charge in [0.25, 0.3) is 0 Å². The van der Waals surface area contributed by atoms with Crippen LogP contribution >= 0.6 is 95.6 Å². The molecule has 0 aromatic heterocycles. The van der Waals surface area contributed by atoms with E-state index in [9.17, 15) is 13.6 Å². The van der Waals surface area contributed by atoms with Crippen molar-refractivity contribution in [3.63, 3.8) is 0 Å². The molecule has 0 aliphatic carbocycles. The van der Waals surface area contributed by atoms with E-state index in [0.29, 0.717) is 0 Å². The summed E-state index contributed by atoms with van der Waals surface area (Å²) in [4.78, 5) is 12.7. The minimum absolute atomic E-state index is 0.126. The Morgan fingerprint density at radius 1 is 0.682 bits per heavy atom. The van der Waals surface area contributed by atoms with E-state index >= 15 is 0 Å². The van der Waals surface area contributed by atoms with E-state index in [2.05, 4.69) is 95.6 Å². The molecule has 22 heavy (non-hydrogen) atoms. The maximum absolute atomic E-state index is 13.8. The molecule has 0 aliphatic rings. The molecule has 0 spiro atoms. The predicted molar refractivity (Wildman–Crippen MR) is 102 cm³/mol. The number of benzene rings is 2.